The first-order valence-electron chi connectivity index (χ1n) is 21.6. The summed E-state index contributed by atoms with van der Waals surface area (Å²) in [6, 6.07) is 84.9. The van der Waals surface area contributed by atoms with Gasteiger partial charge in [0.1, 0.15) is 0 Å². The molecule has 0 amide bonds. The van der Waals surface area contributed by atoms with Crippen molar-refractivity contribution in [3.63, 3.8) is 0 Å². The van der Waals surface area contributed by atoms with E-state index in [9.17, 15) is 0 Å². The van der Waals surface area contributed by atoms with Crippen LogP contribution in [0.15, 0.2) is 231 Å². The quantitative estimate of drug-likeness (QED) is 0.152. The Bertz CT molecular complexity index is 3870. The summed E-state index contributed by atoms with van der Waals surface area (Å²) in [5.74, 6) is 0. The predicted molar refractivity (Wildman–Crippen MR) is 272 cm³/mol. The number of rotatable bonds is 6. The molecule has 2 nitrogen and oxygen atoms in total. The highest BCUT2D eigenvalue weighted by Gasteiger charge is 2.22. The van der Waals surface area contributed by atoms with Crippen LogP contribution in [0.2, 0.25) is 0 Å². The van der Waals surface area contributed by atoms with E-state index in [2.05, 4.69) is 240 Å². The minimum Gasteiger partial charge on any atom is -0.310 e. The fraction of sp³-hybridized carbons (Fsp3) is 0. The van der Waals surface area contributed by atoms with E-state index in [1.54, 1.807) is 0 Å². The van der Waals surface area contributed by atoms with Crippen LogP contribution in [0.5, 0.6) is 0 Å². The van der Waals surface area contributed by atoms with Crippen molar-refractivity contribution >= 4 is 103 Å². The molecule has 63 heavy (non-hydrogen) atoms. The van der Waals surface area contributed by atoms with Gasteiger partial charge < -0.3 is 9.47 Å². The van der Waals surface area contributed by atoms with Gasteiger partial charge in [0.25, 0.3) is 0 Å². The van der Waals surface area contributed by atoms with Gasteiger partial charge in [-0.25, -0.2) is 0 Å². The van der Waals surface area contributed by atoms with Gasteiger partial charge in [-0.1, -0.05) is 164 Å². The normalized spacial score (nSPS) is 11.8. The summed E-state index contributed by atoms with van der Waals surface area (Å²) < 4.78 is 5.06. The lowest BCUT2D eigenvalue weighted by atomic mass is 9.94. The molecule has 294 valence electrons. The number of hydrogen-bond acceptors (Lipinski definition) is 2. The van der Waals surface area contributed by atoms with E-state index in [1.165, 1.54) is 91.0 Å². The average molecular weight is 819 g/mol. The van der Waals surface area contributed by atoms with Crippen LogP contribution in [-0.4, -0.2) is 4.57 Å². The summed E-state index contributed by atoms with van der Waals surface area (Å²) in [6.07, 6.45) is 0. The Kier molecular flexibility index (Phi) is 8.12. The Morgan fingerprint density at radius 3 is 1.48 bits per heavy atom. The maximum Gasteiger partial charge on any atom is 0.0619 e. The molecule has 2 aromatic heterocycles. The van der Waals surface area contributed by atoms with Gasteiger partial charge in [-0.15, -0.1) is 11.3 Å². The van der Waals surface area contributed by atoms with Crippen molar-refractivity contribution in [2.45, 2.75) is 0 Å². The predicted octanol–water partition coefficient (Wildman–Crippen LogP) is 17.4. The average Bonchev–Trinajstić information content (AvgIpc) is 3.90. The molecule has 0 saturated heterocycles. The number of fused-ring (bicyclic) bond motifs is 12. The van der Waals surface area contributed by atoms with E-state index in [1.807, 2.05) is 11.3 Å². The van der Waals surface area contributed by atoms with Crippen molar-refractivity contribution in [3.05, 3.63) is 231 Å². The van der Waals surface area contributed by atoms with Gasteiger partial charge >= 0.3 is 0 Å². The molecular formula is C60H38N2S. The molecular weight excluding hydrogens is 781 g/mol. The van der Waals surface area contributed by atoms with Crippen molar-refractivity contribution in [1.29, 1.82) is 0 Å². The maximum atomic E-state index is 2.48. The van der Waals surface area contributed by atoms with Crippen LogP contribution in [0, 0.1) is 0 Å². The lowest BCUT2D eigenvalue weighted by Gasteiger charge is -2.26. The van der Waals surface area contributed by atoms with Crippen LogP contribution in [0.1, 0.15) is 0 Å². The summed E-state index contributed by atoms with van der Waals surface area (Å²) in [5.41, 5.74) is 11.6. The zero-order valence-corrected chi connectivity index (χ0v) is 35.1. The molecule has 0 saturated carbocycles. The molecule has 0 aliphatic heterocycles. The zero-order chi connectivity index (χ0) is 41.4. The highest BCUT2D eigenvalue weighted by Crippen LogP contribution is 2.47. The summed E-state index contributed by atoms with van der Waals surface area (Å²) in [4.78, 5) is 2.47. The molecule has 2 heterocycles. The van der Waals surface area contributed by atoms with Gasteiger partial charge in [0.2, 0.25) is 0 Å². The molecule has 0 N–H and O–H groups in total. The lowest BCUT2D eigenvalue weighted by Crippen LogP contribution is -2.10. The summed E-state index contributed by atoms with van der Waals surface area (Å²) in [6.45, 7) is 0. The Hall–Kier alpha value is -7.98. The number of benzene rings is 11. The third-order valence-corrected chi connectivity index (χ3v) is 14.1. The second kappa shape index (κ2) is 14.3. The Labute approximate surface area is 368 Å². The van der Waals surface area contributed by atoms with Crippen molar-refractivity contribution in [1.82, 2.24) is 4.57 Å². The molecule has 0 aliphatic rings. The molecule has 13 aromatic rings. The third kappa shape index (κ3) is 5.71. The number of para-hydroxylation sites is 1. The standard InChI is InChI=1S/C60H38N2S/c1-4-16-39(17-5-1)41-34-54(40-18-6-2-7-19-40)60-56(35-41)51-32-29-44(37-57(51)62(60)42-20-8-3-9-21-42)61(45-30-33-53-52-26-14-15-27-58(52)63-59(53)38-45)43-28-31-50-48-24-11-10-22-46(48)47-23-12-13-25-49(47)55(50)36-43/h1-38H. The number of hydrogen-bond donors (Lipinski definition) is 0. The number of nitrogens with zero attached hydrogens (tertiary/aromatic N) is 2. The first-order chi connectivity index (χ1) is 31.2. The van der Waals surface area contributed by atoms with Crippen LogP contribution in [0.25, 0.3) is 102 Å². The van der Waals surface area contributed by atoms with Gasteiger partial charge in [-0.05, 0) is 116 Å². The Morgan fingerprint density at radius 1 is 0.302 bits per heavy atom. The SMILES string of the molecule is c1ccc(-c2cc(-c3ccccc3)c3c(c2)c2ccc(N(c4ccc5c(c4)sc4ccccc45)c4ccc5c6ccccc6c6ccccc6c5c4)cc2n3-c2ccccc2)cc1. The Balaban J connectivity index is 1.12. The van der Waals surface area contributed by atoms with E-state index in [0.29, 0.717) is 0 Å². The maximum absolute atomic E-state index is 2.48. The molecule has 0 fully saturated rings. The highest BCUT2D eigenvalue weighted by atomic mass is 32.1. The number of thiophene rings is 1. The number of anilines is 3. The second-order valence-corrected chi connectivity index (χ2v) is 17.5. The summed E-state index contributed by atoms with van der Waals surface area (Å²) >= 11 is 1.86. The van der Waals surface area contributed by atoms with Gasteiger partial charge in [-0.3, -0.25) is 0 Å². The first-order valence-corrected chi connectivity index (χ1v) is 22.4. The van der Waals surface area contributed by atoms with Gasteiger partial charge in [0.15, 0.2) is 0 Å². The van der Waals surface area contributed by atoms with E-state index in [0.717, 1.165) is 28.3 Å². The fourth-order valence-corrected chi connectivity index (χ4v) is 11.2. The van der Waals surface area contributed by atoms with Gasteiger partial charge in [-0.2, -0.15) is 0 Å². The van der Waals surface area contributed by atoms with Crippen LogP contribution in [0.3, 0.4) is 0 Å². The van der Waals surface area contributed by atoms with E-state index in [-0.39, 0.29) is 0 Å². The minimum atomic E-state index is 1.09. The smallest absolute Gasteiger partial charge is 0.0619 e. The van der Waals surface area contributed by atoms with E-state index >= 15 is 0 Å². The number of aromatic nitrogens is 1. The third-order valence-electron chi connectivity index (χ3n) is 12.9. The van der Waals surface area contributed by atoms with Gasteiger partial charge in [0, 0.05) is 59.3 Å². The van der Waals surface area contributed by atoms with Crippen LogP contribution in [-0.2, 0) is 0 Å². The monoisotopic (exact) mass is 818 g/mol. The van der Waals surface area contributed by atoms with E-state index < -0.39 is 0 Å². The molecule has 0 unspecified atom stereocenters. The van der Waals surface area contributed by atoms with Crippen LogP contribution < -0.4 is 4.90 Å². The molecule has 13 rings (SSSR count). The van der Waals surface area contributed by atoms with Gasteiger partial charge in [0.05, 0.1) is 11.0 Å². The summed E-state index contributed by atoms with van der Waals surface area (Å²) in [7, 11) is 0. The zero-order valence-electron chi connectivity index (χ0n) is 34.2. The van der Waals surface area contributed by atoms with Crippen molar-refractivity contribution in [3.8, 4) is 27.9 Å². The molecule has 0 spiro atoms. The minimum absolute atomic E-state index is 1.09. The molecule has 0 radical (unpaired) electrons. The summed E-state index contributed by atoms with van der Waals surface area (Å²) in [5, 5.41) is 12.6. The molecule has 0 bridgehead atoms. The fourth-order valence-electron chi connectivity index (χ4n) is 10.1. The second-order valence-electron chi connectivity index (χ2n) is 16.5. The van der Waals surface area contributed by atoms with Crippen molar-refractivity contribution in [2.75, 3.05) is 4.90 Å². The first kappa shape index (κ1) is 35.7. The van der Waals surface area contributed by atoms with Crippen molar-refractivity contribution < 1.29 is 0 Å². The topological polar surface area (TPSA) is 8.17 Å². The highest BCUT2D eigenvalue weighted by molar-refractivity contribution is 7.25. The molecule has 11 aromatic carbocycles. The Morgan fingerprint density at radius 2 is 0.794 bits per heavy atom. The largest absolute Gasteiger partial charge is 0.310 e. The molecule has 3 heteroatoms. The molecule has 0 atom stereocenters. The van der Waals surface area contributed by atoms with Crippen LogP contribution >= 0.6 is 11.3 Å². The molecule has 0 aliphatic carbocycles. The van der Waals surface area contributed by atoms with Crippen molar-refractivity contribution in [2.24, 2.45) is 0 Å². The van der Waals surface area contributed by atoms with E-state index in [4.69, 9.17) is 0 Å². The lowest BCUT2D eigenvalue weighted by molar-refractivity contribution is 1.18. The van der Waals surface area contributed by atoms with Crippen LogP contribution in [0.4, 0.5) is 17.1 Å².